The zero-order chi connectivity index (χ0) is 25.1. The van der Waals surface area contributed by atoms with Gasteiger partial charge in [-0.1, -0.05) is 0 Å². The summed E-state index contributed by atoms with van der Waals surface area (Å²) in [7, 11) is 1.94. The Labute approximate surface area is 215 Å². The first-order chi connectivity index (χ1) is 18.0. The molecule has 2 atom stereocenters. The number of H-pyrrole nitrogens is 1. The summed E-state index contributed by atoms with van der Waals surface area (Å²) in [5, 5.41) is 12.1. The Morgan fingerprint density at radius 2 is 2.00 bits per heavy atom. The summed E-state index contributed by atoms with van der Waals surface area (Å²) in [5.41, 5.74) is 12.1. The molecule has 7 heterocycles. The monoisotopic (exact) mass is 500 g/mol. The smallest absolute Gasteiger partial charge is 0.183 e. The number of aryl methyl sites for hydroxylation is 2. The molecule has 0 aromatic carbocycles. The lowest BCUT2D eigenvalue weighted by Crippen LogP contribution is -2.50. The maximum Gasteiger partial charge on any atom is 0.183 e. The standard InChI is InChI=1S/C26H32N10O/c1-16-23(27)26(15-37-16)8-12-35(13-9-26)21-14-28-22-24(31-21)32-33-25(22)36-11-3-4-17-20(36)6-5-18(30-17)19-7-10-29-34(19)2/h5-7,10,14,16,23H,3-4,8-9,11-13,15,27H2,1-2H3,(H,31,32,33). The van der Waals surface area contributed by atoms with Crippen molar-refractivity contribution in [3.63, 3.8) is 0 Å². The van der Waals surface area contributed by atoms with E-state index in [2.05, 4.69) is 44.2 Å². The van der Waals surface area contributed by atoms with Crippen molar-refractivity contribution in [2.24, 2.45) is 18.2 Å². The summed E-state index contributed by atoms with van der Waals surface area (Å²) in [4.78, 5) is 19.2. The van der Waals surface area contributed by atoms with Crippen molar-refractivity contribution < 1.29 is 4.74 Å². The number of anilines is 3. The summed E-state index contributed by atoms with van der Waals surface area (Å²) in [6.07, 6.45) is 7.74. The minimum Gasteiger partial charge on any atom is -0.376 e. The number of nitrogens with one attached hydrogen (secondary N) is 1. The number of nitrogens with two attached hydrogens (primary N) is 1. The van der Waals surface area contributed by atoms with E-state index in [0.717, 1.165) is 91.8 Å². The van der Waals surface area contributed by atoms with Crippen molar-refractivity contribution in [3.8, 4) is 11.4 Å². The van der Waals surface area contributed by atoms with Gasteiger partial charge >= 0.3 is 0 Å². The molecule has 0 bridgehead atoms. The predicted octanol–water partition coefficient (Wildman–Crippen LogP) is 2.57. The Morgan fingerprint density at radius 1 is 1.14 bits per heavy atom. The van der Waals surface area contributed by atoms with E-state index in [-0.39, 0.29) is 17.6 Å². The molecule has 11 nitrogen and oxygen atoms in total. The van der Waals surface area contributed by atoms with Crippen LogP contribution in [0.5, 0.6) is 0 Å². The molecule has 3 aliphatic heterocycles. The van der Waals surface area contributed by atoms with Gasteiger partial charge in [0.15, 0.2) is 17.0 Å². The number of pyridine rings is 1. The minimum atomic E-state index is 0.0842. The molecular weight excluding hydrogens is 468 g/mol. The molecule has 1 spiro atoms. The molecule has 2 unspecified atom stereocenters. The van der Waals surface area contributed by atoms with Crippen LogP contribution >= 0.6 is 0 Å². The lowest BCUT2D eigenvalue weighted by Gasteiger charge is -2.41. The van der Waals surface area contributed by atoms with Crippen molar-refractivity contribution in [1.82, 2.24) is 34.9 Å². The number of hydrogen-bond acceptors (Lipinski definition) is 9. The van der Waals surface area contributed by atoms with Gasteiger partial charge < -0.3 is 20.3 Å². The van der Waals surface area contributed by atoms with Gasteiger partial charge in [-0.05, 0) is 50.8 Å². The zero-order valence-electron chi connectivity index (χ0n) is 21.3. The fourth-order valence-corrected chi connectivity index (χ4v) is 6.21. The number of ether oxygens (including phenoxy) is 1. The van der Waals surface area contributed by atoms with Crippen LogP contribution < -0.4 is 15.5 Å². The molecule has 7 rings (SSSR count). The summed E-state index contributed by atoms with van der Waals surface area (Å²) in [6.45, 7) is 5.49. The SMILES string of the molecule is CC1OCC2(CCN(c3cnc4c(N5CCCc6nc(-c7ccnn7C)ccc65)n[nH]c4n3)CC2)C1N. The lowest BCUT2D eigenvalue weighted by atomic mass is 9.73. The molecule has 11 heteroatoms. The van der Waals surface area contributed by atoms with Gasteiger partial charge in [0.1, 0.15) is 5.82 Å². The van der Waals surface area contributed by atoms with Gasteiger partial charge in [0.05, 0.1) is 41.7 Å². The topological polar surface area (TPSA) is 127 Å². The van der Waals surface area contributed by atoms with Gasteiger partial charge in [-0.2, -0.15) is 10.2 Å². The number of fused-ring (bicyclic) bond motifs is 2. The van der Waals surface area contributed by atoms with E-state index in [4.69, 9.17) is 25.4 Å². The third-order valence-electron chi connectivity index (χ3n) is 8.54. The summed E-state index contributed by atoms with van der Waals surface area (Å²) < 4.78 is 7.72. The maximum absolute atomic E-state index is 6.50. The minimum absolute atomic E-state index is 0.0842. The highest BCUT2D eigenvalue weighted by Crippen LogP contribution is 2.42. The van der Waals surface area contributed by atoms with Gasteiger partial charge in [-0.25, -0.2) is 15.0 Å². The molecule has 4 aromatic rings. The van der Waals surface area contributed by atoms with Crippen LogP contribution in [0.4, 0.5) is 17.3 Å². The zero-order valence-corrected chi connectivity index (χ0v) is 21.3. The van der Waals surface area contributed by atoms with Crippen LogP contribution in [-0.4, -0.2) is 73.3 Å². The number of aromatic amines is 1. The van der Waals surface area contributed by atoms with Crippen LogP contribution in [0, 0.1) is 5.41 Å². The second kappa shape index (κ2) is 8.49. The highest BCUT2D eigenvalue weighted by Gasteiger charge is 2.47. The Morgan fingerprint density at radius 3 is 2.76 bits per heavy atom. The van der Waals surface area contributed by atoms with E-state index >= 15 is 0 Å². The van der Waals surface area contributed by atoms with Crippen LogP contribution in [0.2, 0.25) is 0 Å². The number of rotatable bonds is 3. The molecule has 0 saturated carbocycles. The van der Waals surface area contributed by atoms with Crippen LogP contribution in [0.15, 0.2) is 30.6 Å². The number of nitrogens with zero attached hydrogens (tertiary/aromatic N) is 8. The van der Waals surface area contributed by atoms with E-state index < -0.39 is 0 Å². The highest BCUT2D eigenvalue weighted by atomic mass is 16.5. The predicted molar refractivity (Wildman–Crippen MR) is 141 cm³/mol. The molecule has 3 N–H and O–H groups in total. The average Bonchev–Trinajstić information content (AvgIpc) is 3.62. The average molecular weight is 501 g/mol. The number of hydrogen-bond donors (Lipinski definition) is 2. The first-order valence-electron chi connectivity index (χ1n) is 13.1. The van der Waals surface area contributed by atoms with E-state index in [1.807, 2.05) is 24.0 Å². The van der Waals surface area contributed by atoms with Crippen molar-refractivity contribution in [3.05, 3.63) is 36.3 Å². The van der Waals surface area contributed by atoms with E-state index in [9.17, 15) is 0 Å². The van der Waals surface area contributed by atoms with Crippen LogP contribution in [0.3, 0.4) is 0 Å². The first-order valence-corrected chi connectivity index (χ1v) is 13.1. The fraction of sp³-hybridized carbons (Fsp3) is 0.500. The summed E-state index contributed by atoms with van der Waals surface area (Å²) in [6, 6.07) is 6.27. The molecule has 4 aromatic heterocycles. The van der Waals surface area contributed by atoms with Crippen LogP contribution in [0.1, 0.15) is 31.9 Å². The Hall–Kier alpha value is -3.57. The summed E-state index contributed by atoms with van der Waals surface area (Å²) >= 11 is 0. The second-order valence-corrected chi connectivity index (χ2v) is 10.6. The summed E-state index contributed by atoms with van der Waals surface area (Å²) in [5.74, 6) is 1.67. The molecule has 0 amide bonds. The maximum atomic E-state index is 6.50. The van der Waals surface area contributed by atoms with Gasteiger partial charge in [0, 0.05) is 44.3 Å². The Kier molecular flexibility index (Phi) is 5.19. The molecule has 2 fully saturated rings. The Bertz CT molecular complexity index is 1450. The largest absolute Gasteiger partial charge is 0.376 e. The van der Waals surface area contributed by atoms with E-state index in [1.165, 1.54) is 0 Å². The van der Waals surface area contributed by atoms with Crippen molar-refractivity contribution in [2.45, 2.75) is 44.8 Å². The van der Waals surface area contributed by atoms with Crippen LogP contribution in [-0.2, 0) is 18.2 Å². The molecule has 37 heavy (non-hydrogen) atoms. The lowest BCUT2D eigenvalue weighted by molar-refractivity contribution is 0.0974. The van der Waals surface area contributed by atoms with Crippen LogP contribution in [0.25, 0.3) is 22.6 Å². The Balaban J connectivity index is 1.14. The third-order valence-corrected chi connectivity index (χ3v) is 8.54. The molecule has 0 aliphatic carbocycles. The number of piperidine rings is 1. The van der Waals surface area contributed by atoms with Gasteiger partial charge in [0.2, 0.25) is 0 Å². The van der Waals surface area contributed by atoms with Crippen molar-refractivity contribution >= 4 is 28.5 Å². The molecule has 0 radical (unpaired) electrons. The van der Waals surface area contributed by atoms with Crippen molar-refractivity contribution in [2.75, 3.05) is 36.0 Å². The fourth-order valence-electron chi connectivity index (χ4n) is 6.21. The normalized spacial score (nSPS) is 23.2. The molecule has 2 saturated heterocycles. The molecule has 192 valence electrons. The quantitative estimate of drug-likeness (QED) is 0.436. The van der Waals surface area contributed by atoms with E-state index in [1.54, 1.807) is 6.20 Å². The van der Waals surface area contributed by atoms with Crippen molar-refractivity contribution in [1.29, 1.82) is 0 Å². The van der Waals surface area contributed by atoms with Gasteiger partial charge in [-0.15, -0.1) is 0 Å². The number of aromatic nitrogens is 7. The highest BCUT2D eigenvalue weighted by molar-refractivity contribution is 5.87. The first kappa shape index (κ1) is 22.6. The third kappa shape index (κ3) is 3.59. The van der Waals surface area contributed by atoms with Gasteiger partial charge in [-0.3, -0.25) is 9.78 Å². The van der Waals surface area contributed by atoms with Gasteiger partial charge in [0.25, 0.3) is 0 Å². The second-order valence-electron chi connectivity index (χ2n) is 10.6. The molecular formula is C26H32N10O. The van der Waals surface area contributed by atoms with E-state index in [0.29, 0.717) is 5.65 Å². The molecule has 3 aliphatic rings.